The van der Waals surface area contributed by atoms with Gasteiger partial charge in [-0.2, -0.15) is 0 Å². The molecule has 1 aliphatic rings. The topological polar surface area (TPSA) is 49.4 Å². The molecule has 0 aliphatic carbocycles. The number of nitrogens with one attached hydrogen (secondary N) is 1. The first-order valence-corrected chi connectivity index (χ1v) is 8.75. The van der Waals surface area contributed by atoms with Crippen molar-refractivity contribution in [1.29, 1.82) is 0 Å². The van der Waals surface area contributed by atoms with Gasteiger partial charge in [0.2, 0.25) is 10.0 Å². The van der Waals surface area contributed by atoms with Gasteiger partial charge in [0.25, 0.3) is 0 Å². The molecule has 0 amide bonds. The van der Waals surface area contributed by atoms with E-state index in [4.69, 9.17) is 23.2 Å². The Kier molecular flexibility index (Phi) is 5.31. The lowest BCUT2D eigenvalue weighted by atomic mass is 9.98. The van der Waals surface area contributed by atoms with E-state index in [1.54, 1.807) is 6.07 Å². The molecular weight excluding hydrogens is 319 g/mol. The van der Waals surface area contributed by atoms with Gasteiger partial charge in [0.15, 0.2) is 0 Å². The number of sulfonamides is 1. The molecule has 2 rings (SSSR count). The first-order valence-electron chi connectivity index (χ1n) is 6.52. The fraction of sp³-hybridized carbons (Fsp3) is 0.538. The van der Waals surface area contributed by atoms with Crippen LogP contribution in [0.25, 0.3) is 0 Å². The molecule has 0 radical (unpaired) electrons. The van der Waals surface area contributed by atoms with Crippen LogP contribution in [0.1, 0.15) is 12.8 Å². The Labute approximate surface area is 130 Å². The second-order valence-electron chi connectivity index (χ2n) is 5.17. The lowest BCUT2D eigenvalue weighted by Gasteiger charge is -2.28. The van der Waals surface area contributed by atoms with Gasteiger partial charge in [0.05, 0.1) is 5.02 Å². The van der Waals surface area contributed by atoms with Crippen molar-refractivity contribution >= 4 is 33.2 Å². The number of nitrogens with zero attached hydrogens (tertiary/aromatic N) is 1. The number of piperidine rings is 1. The molecule has 1 fully saturated rings. The van der Waals surface area contributed by atoms with Crippen molar-refractivity contribution in [2.75, 3.05) is 26.7 Å². The number of halogens is 2. The van der Waals surface area contributed by atoms with Crippen LogP contribution in [0, 0.1) is 5.92 Å². The zero-order valence-corrected chi connectivity index (χ0v) is 13.6. The van der Waals surface area contributed by atoms with Crippen molar-refractivity contribution in [1.82, 2.24) is 9.62 Å². The van der Waals surface area contributed by atoms with Gasteiger partial charge in [-0.15, -0.1) is 0 Å². The Hall–Kier alpha value is -0.330. The molecule has 0 aromatic heterocycles. The maximum Gasteiger partial charge on any atom is 0.242 e. The molecule has 1 aliphatic heterocycles. The standard InChI is InChI=1S/C13H18Cl2N2O2S/c1-17-6-4-10(5-7-17)9-16-20(18,19)13-8-11(14)2-3-12(13)15/h2-3,8,10,16H,4-7,9H2,1H3. The van der Waals surface area contributed by atoms with Gasteiger partial charge in [-0.1, -0.05) is 23.2 Å². The van der Waals surface area contributed by atoms with E-state index in [0.29, 0.717) is 17.5 Å². The molecule has 0 bridgehead atoms. The summed E-state index contributed by atoms with van der Waals surface area (Å²) in [4.78, 5) is 2.29. The minimum atomic E-state index is -3.61. The highest BCUT2D eigenvalue weighted by molar-refractivity contribution is 7.89. The lowest BCUT2D eigenvalue weighted by Crippen LogP contribution is -2.36. The maximum absolute atomic E-state index is 12.2. The molecule has 0 spiro atoms. The normalized spacial score (nSPS) is 18.4. The van der Waals surface area contributed by atoms with Crippen molar-refractivity contribution in [2.45, 2.75) is 17.7 Å². The minimum absolute atomic E-state index is 0.0413. The fourth-order valence-electron chi connectivity index (χ4n) is 2.25. The number of benzene rings is 1. The Morgan fingerprint density at radius 2 is 1.95 bits per heavy atom. The van der Waals surface area contributed by atoms with Crippen molar-refractivity contribution < 1.29 is 8.42 Å². The summed E-state index contributed by atoms with van der Waals surface area (Å²) >= 11 is 11.8. The highest BCUT2D eigenvalue weighted by Gasteiger charge is 2.22. The van der Waals surface area contributed by atoms with Gasteiger partial charge >= 0.3 is 0 Å². The average molecular weight is 337 g/mol. The molecule has 1 aromatic rings. The summed E-state index contributed by atoms with van der Waals surface area (Å²) in [5, 5.41) is 0.541. The monoisotopic (exact) mass is 336 g/mol. The molecule has 112 valence electrons. The van der Waals surface area contributed by atoms with Gasteiger partial charge in [0, 0.05) is 11.6 Å². The molecule has 0 saturated carbocycles. The molecular formula is C13H18Cl2N2O2S. The van der Waals surface area contributed by atoms with Gasteiger partial charge in [-0.05, 0) is 57.1 Å². The summed E-state index contributed by atoms with van der Waals surface area (Å²) in [6, 6.07) is 4.44. The Balaban J connectivity index is 2.02. The third-order valence-electron chi connectivity index (χ3n) is 3.58. The summed E-state index contributed by atoms with van der Waals surface area (Å²) in [7, 11) is -1.53. The van der Waals surface area contributed by atoms with Gasteiger partial charge in [-0.3, -0.25) is 0 Å². The maximum atomic E-state index is 12.2. The highest BCUT2D eigenvalue weighted by Crippen LogP contribution is 2.25. The van der Waals surface area contributed by atoms with Gasteiger partial charge in [-0.25, -0.2) is 13.1 Å². The quantitative estimate of drug-likeness (QED) is 0.919. The van der Waals surface area contributed by atoms with Crippen LogP contribution in [0.15, 0.2) is 23.1 Å². The second-order valence-corrected chi connectivity index (χ2v) is 7.75. The zero-order valence-electron chi connectivity index (χ0n) is 11.3. The number of rotatable bonds is 4. The van der Waals surface area contributed by atoms with Crippen LogP contribution < -0.4 is 4.72 Å². The van der Waals surface area contributed by atoms with E-state index in [9.17, 15) is 8.42 Å². The Morgan fingerprint density at radius 1 is 1.30 bits per heavy atom. The molecule has 1 aromatic carbocycles. The van der Waals surface area contributed by atoms with E-state index >= 15 is 0 Å². The minimum Gasteiger partial charge on any atom is -0.306 e. The summed E-state index contributed by atoms with van der Waals surface area (Å²) in [6.07, 6.45) is 2.00. The summed E-state index contributed by atoms with van der Waals surface area (Å²) < 4.78 is 27.1. The SMILES string of the molecule is CN1CCC(CNS(=O)(=O)c2cc(Cl)ccc2Cl)CC1. The Morgan fingerprint density at radius 3 is 2.60 bits per heavy atom. The van der Waals surface area contributed by atoms with E-state index < -0.39 is 10.0 Å². The van der Waals surface area contributed by atoms with Crippen molar-refractivity contribution in [3.8, 4) is 0 Å². The number of hydrogen-bond donors (Lipinski definition) is 1. The summed E-state index contributed by atoms with van der Waals surface area (Å²) in [5.74, 6) is 0.374. The fourth-order valence-corrected chi connectivity index (χ4v) is 4.13. The number of hydrogen-bond acceptors (Lipinski definition) is 3. The molecule has 20 heavy (non-hydrogen) atoms. The molecule has 1 N–H and O–H groups in total. The van der Waals surface area contributed by atoms with Crippen LogP contribution in [0.2, 0.25) is 10.0 Å². The van der Waals surface area contributed by atoms with Crippen LogP contribution in [-0.2, 0) is 10.0 Å². The van der Waals surface area contributed by atoms with Gasteiger partial charge in [0.1, 0.15) is 4.90 Å². The molecule has 0 atom stereocenters. The van der Waals surface area contributed by atoms with Crippen LogP contribution in [0.5, 0.6) is 0 Å². The van der Waals surface area contributed by atoms with E-state index in [-0.39, 0.29) is 9.92 Å². The average Bonchev–Trinajstić information content (AvgIpc) is 2.41. The van der Waals surface area contributed by atoms with Crippen LogP contribution in [-0.4, -0.2) is 40.0 Å². The van der Waals surface area contributed by atoms with Crippen LogP contribution in [0.3, 0.4) is 0 Å². The van der Waals surface area contributed by atoms with Crippen LogP contribution >= 0.6 is 23.2 Å². The second kappa shape index (κ2) is 6.62. The van der Waals surface area contributed by atoms with Gasteiger partial charge < -0.3 is 4.90 Å². The van der Waals surface area contributed by atoms with Crippen molar-refractivity contribution in [3.63, 3.8) is 0 Å². The largest absolute Gasteiger partial charge is 0.306 e. The zero-order chi connectivity index (χ0) is 14.8. The van der Waals surface area contributed by atoms with Crippen LogP contribution in [0.4, 0.5) is 0 Å². The predicted molar refractivity (Wildman–Crippen MR) is 81.9 cm³/mol. The third-order valence-corrected chi connectivity index (χ3v) is 5.72. The lowest BCUT2D eigenvalue weighted by molar-refractivity contribution is 0.220. The molecule has 1 heterocycles. The first kappa shape index (κ1) is 16.0. The van der Waals surface area contributed by atoms with E-state index in [0.717, 1.165) is 25.9 Å². The van der Waals surface area contributed by atoms with Crippen molar-refractivity contribution in [3.05, 3.63) is 28.2 Å². The predicted octanol–water partition coefficient (Wildman–Crippen LogP) is 2.61. The first-order chi connectivity index (χ1) is 9.38. The molecule has 0 unspecified atom stereocenters. The van der Waals surface area contributed by atoms with E-state index in [2.05, 4.69) is 16.7 Å². The molecule has 7 heteroatoms. The molecule has 4 nitrogen and oxygen atoms in total. The molecule has 1 saturated heterocycles. The Bertz CT molecular complexity index is 570. The highest BCUT2D eigenvalue weighted by atomic mass is 35.5. The number of likely N-dealkylation sites (tertiary alicyclic amines) is 1. The summed E-state index contributed by atoms with van der Waals surface area (Å²) in [5.41, 5.74) is 0. The van der Waals surface area contributed by atoms with E-state index in [1.165, 1.54) is 12.1 Å². The van der Waals surface area contributed by atoms with E-state index in [1.807, 2.05) is 0 Å². The third kappa shape index (κ3) is 4.09. The van der Waals surface area contributed by atoms with Crippen molar-refractivity contribution in [2.24, 2.45) is 5.92 Å². The summed E-state index contributed by atoms with van der Waals surface area (Å²) in [6.45, 7) is 2.45. The smallest absolute Gasteiger partial charge is 0.242 e.